The van der Waals surface area contributed by atoms with Gasteiger partial charge < -0.3 is 14.9 Å². The van der Waals surface area contributed by atoms with E-state index in [9.17, 15) is 9.90 Å². The lowest BCUT2D eigenvalue weighted by Gasteiger charge is -2.34. The highest BCUT2D eigenvalue weighted by molar-refractivity contribution is 5.77. The minimum atomic E-state index is 0.0300. The van der Waals surface area contributed by atoms with Gasteiger partial charge >= 0.3 is 0 Å². The van der Waals surface area contributed by atoms with Gasteiger partial charge in [0.25, 0.3) is 0 Å². The number of piperidine rings is 1. The van der Waals surface area contributed by atoms with E-state index >= 15 is 0 Å². The number of anilines is 1. The van der Waals surface area contributed by atoms with E-state index in [1.165, 1.54) is 11.3 Å². The summed E-state index contributed by atoms with van der Waals surface area (Å²) in [6.07, 6.45) is 4.39. The van der Waals surface area contributed by atoms with Crippen LogP contribution in [0.2, 0.25) is 0 Å². The first-order chi connectivity index (χ1) is 10.1. The van der Waals surface area contributed by atoms with Crippen molar-refractivity contribution >= 4 is 11.6 Å². The highest BCUT2D eigenvalue weighted by Crippen LogP contribution is 2.19. The van der Waals surface area contributed by atoms with Crippen molar-refractivity contribution in [3.05, 3.63) is 29.8 Å². The average Bonchev–Trinajstić information content (AvgIpc) is 2.52. The Morgan fingerprint density at radius 1 is 1.29 bits per heavy atom. The molecule has 2 rings (SSSR count). The molecule has 0 spiro atoms. The topological polar surface area (TPSA) is 43.8 Å². The van der Waals surface area contributed by atoms with Crippen LogP contribution in [0.3, 0.4) is 0 Å². The molecular weight excluding hydrogens is 264 g/mol. The van der Waals surface area contributed by atoms with Gasteiger partial charge in [-0.2, -0.15) is 0 Å². The maximum absolute atomic E-state index is 12.3. The van der Waals surface area contributed by atoms with Crippen molar-refractivity contribution in [2.45, 2.75) is 38.1 Å². The number of nitrogens with zero attached hydrogens (tertiary/aromatic N) is 2. The van der Waals surface area contributed by atoms with Crippen LogP contribution in [0.1, 0.15) is 31.2 Å². The van der Waals surface area contributed by atoms with Crippen LogP contribution in [0.15, 0.2) is 24.3 Å². The van der Waals surface area contributed by atoms with Crippen LogP contribution >= 0.6 is 0 Å². The number of likely N-dealkylation sites (tertiary alicyclic amines) is 1. The van der Waals surface area contributed by atoms with Crippen LogP contribution in [0, 0.1) is 0 Å². The van der Waals surface area contributed by atoms with E-state index in [1.807, 2.05) is 19.0 Å². The molecule has 116 valence electrons. The highest BCUT2D eigenvalue weighted by Gasteiger charge is 2.25. The highest BCUT2D eigenvalue weighted by atomic mass is 16.3. The number of amides is 1. The zero-order valence-electron chi connectivity index (χ0n) is 13.1. The molecule has 4 nitrogen and oxygen atoms in total. The first-order valence-corrected chi connectivity index (χ1v) is 7.78. The van der Waals surface area contributed by atoms with Crippen LogP contribution in [-0.4, -0.2) is 49.2 Å². The summed E-state index contributed by atoms with van der Waals surface area (Å²) < 4.78 is 0. The van der Waals surface area contributed by atoms with Gasteiger partial charge in [0.05, 0.1) is 12.6 Å². The predicted molar refractivity (Wildman–Crippen MR) is 85.5 cm³/mol. The Hall–Kier alpha value is -1.55. The van der Waals surface area contributed by atoms with Crippen molar-refractivity contribution in [1.82, 2.24) is 4.90 Å². The van der Waals surface area contributed by atoms with E-state index in [4.69, 9.17) is 0 Å². The molecule has 1 amide bonds. The Bertz CT molecular complexity index is 456. The van der Waals surface area contributed by atoms with Crippen LogP contribution in [0.4, 0.5) is 5.69 Å². The third kappa shape index (κ3) is 4.21. The molecule has 0 saturated carbocycles. The van der Waals surface area contributed by atoms with Crippen molar-refractivity contribution in [2.75, 3.05) is 32.1 Å². The SMILES string of the molecule is CN(C)c1ccc(CCC(=O)N2CCCCC2CO)cc1. The van der Waals surface area contributed by atoms with Crippen molar-refractivity contribution in [3.63, 3.8) is 0 Å². The van der Waals surface area contributed by atoms with Crippen LogP contribution < -0.4 is 4.90 Å². The third-order valence-corrected chi connectivity index (χ3v) is 4.24. The zero-order chi connectivity index (χ0) is 15.2. The Kier molecular flexibility index (Phi) is 5.62. The summed E-state index contributed by atoms with van der Waals surface area (Å²) in [6, 6.07) is 8.36. The number of aliphatic hydroxyl groups is 1. The molecule has 1 aromatic carbocycles. The quantitative estimate of drug-likeness (QED) is 0.902. The molecule has 1 aliphatic rings. The number of benzene rings is 1. The smallest absolute Gasteiger partial charge is 0.223 e. The summed E-state index contributed by atoms with van der Waals surface area (Å²) >= 11 is 0. The van der Waals surface area contributed by atoms with E-state index in [1.54, 1.807) is 0 Å². The summed E-state index contributed by atoms with van der Waals surface area (Å²) in [4.78, 5) is 16.3. The minimum absolute atomic E-state index is 0.0300. The number of carbonyl (C=O) groups excluding carboxylic acids is 1. The molecule has 1 unspecified atom stereocenters. The molecule has 1 saturated heterocycles. The summed E-state index contributed by atoms with van der Waals surface area (Å²) in [6.45, 7) is 0.882. The number of aliphatic hydroxyl groups excluding tert-OH is 1. The maximum atomic E-state index is 12.3. The van der Waals surface area contributed by atoms with Crippen LogP contribution in [-0.2, 0) is 11.2 Å². The largest absolute Gasteiger partial charge is 0.394 e. The predicted octanol–water partition coefficient (Wildman–Crippen LogP) is 2.06. The summed E-state index contributed by atoms with van der Waals surface area (Å²) in [7, 11) is 4.04. The summed E-state index contributed by atoms with van der Waals surface area (Å²) in [5, 5.41) is 9.38. The zero-order valence-corrected chi connectivity index (χ0v) is 13.1. The number of rotatable bonds is 5. The first-order valence-electron chi connectivity index (χ1n) is 7.78. The van der Waals surface area contributed by atoms with Crippen molar-refractivity contribution in [3.8, 4) is 0 Å². The number of hydrogen-bond acceptors (Lipinski definition) is 3. The Morgan fingerprint density at radius 3 is 2.62 bits per heavy atom. The Labute approximate surface area is 127 Å². The lowest BCUT2D eigenvalue weighted by molar-refractivity contribution is -0.135. The monoisotopic (exact) mass is 290 g/mol. The first kappa shape index (κ1) is 15.8. The molecule has 1 aromatic rings. The Morgan fingerprint density at radius 2 is 2.00 bits per heavy atom. The normalized spacial score (nSPS) is 18.6. The van der Waals surface area contributed by atoms with E-state index in [2.05, 4.69) is 29.2 Å². The van der Waals surface area contributed by atoms with Gasteiger partial charge in [0, 0.05) is 32.7 Å². The summed E-state index contributed by atoms with van der Waals surface area (Å²) in [5.74, 6) is 0.172. The van der Waals surface area contributed by atoms with Crippen molar-refractivity contribution < 1.29 is 9.90 Å². The summed E-state index contributed by atoms with van der Waals surface area (Å²) in [5.41, 5.74) is 2.35. The molecule has 0 radical (unpaired) electrons. The Balaban J connectivity index is 1.88. The second kappa shape index (κ2) is 7.46. The maximum Gasteiger partial charge on any atom is 0.223 e. The molecule has 1 fully saturated rings. The van der Waals surface area contributed by atoms with E-state index in [0.29, 0.717) is 6.42 Å². The third-order valence-electron chi connectivity index (χ3n) is 4.24. The standard InChI is InChI=1S/C17H26N2O2/c1-18(2)15-9-6-14(7-10-15)8-11-17(21)19-12-4-3-5-16(19)13-20/h6-7,9-10,16,20H,3-5,8,11-13H2,1-2H3. The van der Waals surface area contributed by atoms with Gasteiger partial charge in [-0.15, -0.1) is 0 Å². The van der Waals surface area contributed by atoms with Crippen molar-refractivity contribution in [1.29, 1.82) is 0 Å². The molecule has 0 bridgehead atoms. The van der Waals surface area contributed by atoms with E-state index in [0.717, 1.165) is 32.2 Å². The van der Waals surface area contributed by atoms with Gasteiger partial charge in [-0.1, -0.05) is 12.1 Å². The van der Waals surface area contributed by atoms with Gasteiger partial charge in [0.1, 0.15) is 0 Å². The lowest BCUT2D eigenvalue weighted by Crippen LogP contribution is -2.45. The van der Waals surface area contributed by atoms with Crippen molar-refractivity contribution in [2.24, 2.45) is 0 Å². The van der Waals surface area contributed by atoms with Gasteiger partial charge in [0.2, 0.25) is 5.91 Å². The molecule has 0 aliphatic carbocycles. The van der Waals surface area contributed by atoms with Gasteiger partial charge in [-0.3, -0.25) is 4.79 Å². The van der Waals surface area contributed by atoms with E-state index in [-0.39, 0.29) is 18.6 Å². The minimum Gasteiger partial charge on any atom is -0.394 e. The molecule has 1 heterocycles. The number of aryl methyl sites for hydroxylation is 1. The molecule has 1 atom stereocenters. The van der Waals surface area contributed by atoms with Crippen LogP contribution in [0.25, 0.3) is 0 Å². The molecule has 1 N–H and O–H groups in total. The molecule has 21 heavy (non-hydrogen) atoms. The van der Waals surface area contributed by atoms with Gasteiger partial charge in [-0.25, -0.2) is 0 Å². The van der Waals surface area contributed by atoms with Gasteiger partial charge in [0.15, 0.2) is 0 Å². The fourth-order valence-corrected chi connectivity index (χ4v) is 2.87. The number of hydrogen-bond donors (Lipinski definition) is 1. The van der Waals surface area contributed by atoms with Gasteiger partial charge in [-0.05, 0) is 43.4 Å². The lowest BCUT2D eigenvalue weighted by atomic mass is 10.0. The second-order valence-corrected chi connectivity index (χ2v) is 5.98. The molecule has 0 aromatic heterocycles. The second-order valence-electron chi connectivity index (χ2n) is 5.98. The molecular formula is C17H26N2O2. The fraction of sp³-hybridized carbons (Fsp3) is 0.588. The molecule has 4 heteroatoms. The van der Waals surface area contributed by atoms with Crippen LogP contribution in [0.5, 0.6) is 0 Å². The number of carbonyl (C=O) groups is 1. The van der Waals surface area contributed by atoms with E-state index < -0.39 is 0 Å². The average molecular weight is 290 g/mol. The fourth-order valence-electron chi connectivity index (χ4n) is 2.87. The molecule has 1 aliphatic heterocycles.